The van der Waals surface area contributed by atoms with E-state index in [1.807, 2.05) is 4.90 Å². The second kappa shape index (κ2) is 9.07. The molecule has 2 aromatic rings. The second-order valence-corrected chi connectivity index (χ2v) is 9.34. The zero-order valence-electron chi connectivity index (χ0n) is 19.3. The Morgan fingerprint density at radius 1 is 1.35 bits per heavy atom. The van der Waals surface area contributed by atoms with Crippen molar-refractivity contribution in [2.75, 3.05) is 31.5 Å². The van der Waals surface area contributed by atoms with Gasteiger partial charge in [-0.15, -0.1) is 0 Å². The maximum Gasteiger partial charge on any atom is 0.296 e. The number of nitrogens with zero attached hydrogens (tertiary/aromatic N) is 2. The normalized spacial score (nSPS) is 18.6. The summed E-state index contributed by atoms with van der Waals surface area (Å²) in [6.07, 6.45) is 0. The number of aromatic nitrogens is 1. The number of hydrogen-bond acceptors (Lipinski definition) is 6. The summed E-state index contributed by atoms with van der Waals surface area (Å²) in [5.74, 6) is -2.83. The molecule has 1 saturated heterocycles. The fourth-order valence-electron chi connectivity index (χ4n) is 4.16. The first-order chi connectivity index (χ1) is 16.0. The zero-order valence-corrected chi connectivity index (χ0v) is 19.3. The van der Waals surface area contributed by atoms with Gasteiger partial charge in [0.05, 0.1) is 18.2 Å². The van der Waals surface area contributed by atoms with E-state index in [2.05, 4.69) is 10.3 Å². The highest BCUT2D eigenvalue weighted by Crippen LogP contribution is 2.36. The summed E-state index contributed by atoms with van der Waals surface area (Å²) in [7, 11) is 0. The standard InChI is InChI=1S/C24H28F3N3O4/c1-14(28-21(31)15-4-6-19-16(8-15)11-33-12-24(19,26)27)18-5-7-20(29-22(18)34-13-25)30-9-17(10-30)23(2,3)32/h4-8,14,17,32H,9-13H2,1-3H3,(H,28,31)/t14-/m0/s1. The van der Waals surface area contributed by atoms with Crippen LogP contribution in [0.3, 0.4) is 0 Å². The molecule has 2 N–H and O–H groups in total. The van der Waals surface area contributed by atoms with Gasteiger partial charge in [-0.05, 0) is 50.6 Å². The van der Waals surface area contributed by atoms with Gasteiger partial charge in [-0.1, -0.05) is 6.07 Å². The molecule has 1 amide bonds. The Labute approximate surface area is 195 Å². The lowest BCUT2D eigenvalue weighted by molar-refractivity contribution is -0.103. The van der Waals surface area contributed by atoms with Crippen LogP contribution in [0.25, 0.3) is 0 Å². The number of carbonyl (C=O) groups is 1. The van der Waals surface area contributed by atoms with E-state index in [-0.39, 0.29) is 35.1 Å². The maximum absolute atomic E-state index is 14.0. The van der Waals surface area contributed by atoms with Crippen LogP contribution in [0, 0.1) is 5.92 Å². The average molecular weight is 479 g/mol. The Morgan fingerprint density at radius 3 is 2.76 bits per heavy atom. The number of alkyl halides is 3. The molecule has 0 radical (unpaired) electrons. The molecule has 2 aliphatic heterocycles. The molecule has 4 rings (SSSR count). The van der Waals surface area contributed by atoms with Gasteiger partial charge in [-0.2, -0.15) is 13.8 Å². The number of anilines is 1. The fourth-order valence-corrected chi connectivity index (χ4v) is 4.16. The summed E-state index contributed by atoms with van der Waals surface area (Å²) < 4.78 is 51.1. The van der Waals surface area contributed by atoms with Gasteiger partial charge < -0.3 is 24.8 Å². The minimum atomic E-state index is -3.09. The average Bonchev–Trinajstić information content (AvgIpc) is 2.71. The van der Waals surface area contributed by atoms with E-state index in [9.17, 15) is 23.1 Å². The van der Waals surface area contributed by atoms with Gasteiger partial charge in [0.15, 0.2) is 0 Å². The lowest BCUT2D eigenvalue weighted by atomic mass is 9.84. The number of nitrogens with one attached hydrogen (secondary N) is 1. The van der Waals surface area contributed by atoms with Crippen molar-refractivity contribution < 1.29 is 32.5 Å². The van der Waals surface area contributed by atoms with Crippen molar-refractivity contribution in [2.45, 2.75) is 44.9 Å². The Bertz CT molecular complexity index is 1070. The number of pyridine rings is 1. The van der Waals surface area contributed by atoms with Crippen LogP contribution >= 0.6 is 0 Å². The fraction of sp³-hybridized carbons (Fsp3) is 0.500. The van der Waals surface area contributed by atoms with Gasteiger partial charge in [0, 0.05) is 35.7 Å². The summed E-state index contributed by atoms with van der Waals surface area (Å²) in [6.45, 7) is 4.67. The molecule has 7 nitrogen and oxygen atoms in total. The van der Waals surface area contributed by atoms with Crippen molar-refractivity contribution >= 4 is 11.7 Å². The molecule has 3 heterocycles. The monoisotopic (exact) mass is 479 g/mol. The maximum atomic E-state index is 14.0. The SMILES string of the molecule is C[C@H](NC(=O)c1ccc2c(c1)COCC2(F)F)c1ccc(N2CC(C(C)(C)O)C2)nc1OCF. The van der Waals surface area contributed by atoms with E-state index in [1.165, 1.54) is 18.2 Å². The molecule has 1 aromatic carbocycles. The Balaban J connectivity index is 1.48. The first-order valence-electron chi connectivity index (χ1n) is 11.1. The molecule has 0 aliphatic carbocycles. The van der Waals surface area contributed by atoms with Gasteiger partial charge in [0.2, 0.25) is 12.7 Å². The van der Waals surface area contributed by atoms with Crippen LogP contribution in [0.5, 0.6) is 5.88 Å². The first kappa shape index (κ1) is 24.3. The first-order valence-corrected chi connectivity index (χ1v) is 11.1. The number of benzene rings is 1. The van der Waals surface area contributed by atoms with Gasteiger partial charge in [-0.3, -0.25) is 4.79 Å². The number of aliphatic hydroxyl groups is 1. The highest BCUT2D eigenvalue weighted by atomic mass is 19.3. The van der Waals surface area contributed by atoms with E-state index < -0.39 is 36.9 Å². The smallest absolute Gasteiger partial charge is 0.296 e. The predicted molar refractivity (Wildman–Crippen MR) is 119 cm³/mol. The van der Waals surface area contributed by atoms with Crippen molar-refractivity contribution in [3.63, 3.8) is 0 Å². The van der Waals surface area contributed by atoms with E-state index in [1.54, 1.807) is 32.9 Å². The third-order valence-corrected chi connectivity index (χ3v) is 6.39. The van der Waals surface area contributed by atoms with Crippen LogP contribution < -0.4 is 15.0 Å². The van der Waals surface area contributed by atoms with Gasteiger partial charge in [0.25, 0.3) is 11.8 Å². The number of rotatable bonds is 7. The molecule has 184 valence electrons. The molecule has 1 fully saturated rings. The van der Waals surface area contributed by atoms with Crippen LogP contribution in [0.15, 0.2) is 30.3 Å². The number of amides is 1. The number of ether oxygens (including phenoxy) is 2. The number of fused-ring (bicyclic) bond motifs is 1. The molecule has 0 unspecified atom stereocenters. The summed E-state index contributed by atoms with van der Waals surface area (Å²) in [5.41, 5.74) is 0.0130. The summed E-state index contributed by atoms with van der Waals surface area (Å²) in [5, 5.41) is 12.9. The Morgan fingerprint density at radius 2 is 2.09 bits per heavy atom. The summed E-state index contributed by atoms with van der Waals surface area (Å²) in [4.78, 5) is 19.2. The second-order valence-electron chi connectivity index (χ2n) is 9.34. The van der Waals surface area contributed by atoms with Crippen LogP contribution in [-0.4, -0.2) is 48.2 Å². The van der Waals surface area contributed by atoms with E-state index in [4.69, 9.17) is 9.47 Å². The molecular formula is C24H28F3N3O4. The highest BCUT2D eigenvalue weighted by molar-refractivity contribution is 5.94. The molecule has 10 heteroatoms. The lowest BCUT2D eigenvalue weighted by Gasteiger charge is -2.46. The summed E-state index contributed by atoms with van der Waals surface area (Å²) in [6, 6.07) is 6.86. The predicted octanol–water partition coefficient (Wildman–Crippen LogP) is 3.71. The number of carbonyl (C=O) groups excluding carboxylic acids is 1. The zero-order chi connectivity index (χ0) is 24.7. The van der Waals surface area contributed by atoms with E-state index in [0.29, 0.717) is 24.5 Å². The van der Waals surface area contributed by atoms with E-state index >= 15 is 0 Å². The van der Waals surface area contributed by atoms with Gasteiger partial charge >= 0.3 is 0 Å². The highest BCUT2D eigenvalue weighted by Gasteiger charge is 2.39. The number of halogens is 3. The van der Waals surface area contributed by atoms with Crippen LogP contribution in [-0.2, 0) is 17.3 Å². The third kappa shape index (κ3) is 4.83. The van der Waals surface area contributed by atoms with Crippen molar-refractivity contribution in [2.24, 2.45) is 5.92 Å². The minimum absolute atomic E-state index is 0.00624. The third-order valence-electron chi connectivity index (χ3n) is 6.39. The summed E-state index contributed by atoms with van der Waals surface area (Å²) >= 11 is 0. The quantitative estimate of drug-likeness (QED) is 0.630. The van der Waals surface area contributed by atoms with Crippen LogP contribution in [0.1, 0.15) is 53.9 Å². The van der Waals surface area contributed by atoms with Crippen molar-refractivity contribution in [3.8, 4) is 5.88 Å². The molecule has 1 aromatic heterocycles. The molecule has 0 saturated carbocycles. The van der Waals surface area contributed by atoms with Gasteiger partial charge in [0.1, 0.15) is 12.4 Å². The number of hydrogen-bond donors (Lipinski definition) is 2. The molecular weight excluding hydrogens is 451 g/mol. The Hall–Kier alpha value is -2.85. The molecule has 1 atom stereocenters. The van der Waals surface area contributed by atoms with Crippen molar-refractivity contribution in [1.29, 1.82) is 0 Å². The molecule has 2 aliphatic rings. The molecule has 34 heavy (non-hydrogen) atoms. The Kier molecular flexibility index (Phi) is 6.48. The van der Waals surface area contributed by atoms with E-state index in [0.717, 1.165) is 0 Å². The minimum Gasteiger partial charge on any atom is -0.445 e. The van der Waals surface area contributed by atoms with Crippen molar-refractivity contribution in [1.82, 2.24) is 10.3 Å². The topological polar surface area (TPSA) is 83.9 Å². The molecule has 0 bridgehead atoms. The van der Waals surface area contributed by atoms with Crippen molar-refractivity contribution in [3.05, 3.63) is 52.6 Å². The largest absolute Gasteiger partial charge is 0.445 e. The van der Waals surface area contributed by atoms with Gasteiger partial charge in [-0.25, -0.2) is 4.39 Å². The van der Waals surface area contributed by atoms with Crippen LogP contribution in [0.4, 0.5) is 19.0 Å². The molecule has 0 spiro atoms. The lowest BCUT2D eigenvalue weighted by Crippen LogP contribution is -2.56. The van der Waals surface area contributed by atoms with Crippen LogP contribution in [0.2, 0.25) is 0 Å².